The van der Waals surface area contributed by atoms with Crippen LogP contribution in [0, 0.1) is 0 Å². The Balaban J connectivity index is 0.000000181. The average Bonchev–Trinajstić information content (AvgIpc) is 2.40. The molecule has 1 heteroatoms. The third kappa shape index (κ3) is 6.05. The van der Waals surface area contributed by atoms with Crippen molar-refractivity contribution in [3.05, 3.63) is 78.4 Å². The van der Waals surface area contributed by atoms with Crippen molar-refractivity contribution in [2.45, 2.75) is 0 Å². The zero-order valence-corrected chi connectivity index (χ0v) is 9.85. The van der Waals surface area contributed by atoms with Crippen LogP contribution < -0.4 is 0 Å². The third-order valence-electron chi connectivity index (χ3n) is 1.87. The van der Waals surface area contributed by atoms with Crippen molar-refractivity contribution in [3.63, 3.8) is 0 Å². The van der Waals surface area contributed by atoms with Crippen LogP contribution in [0.4, 0.5) is 0 Å². The second-order valence-electron chi connectivity index (χ2n) is 3.12. The van der Waals surface area contributed by atoms with Crippen LogP contribution >= 0.6 is 11.6 Å². The van der Waals surface area contributed by atoms with Gasteiger partial charge in [-0.1, -0.05) is 78.9 Å². The predicted molar refractivity (Wildman–Crippen MR) is 72.6 cm³/mol. The number of benzene rings is 2. The second-order valence-corrected chi connectivity index (χ2v) is 3.43. The van der Waals surface area contributed by atoms with Crippen LogP contribution in [0.3, 0.4) is 0 Å². The van der Waals surface area contributed by atoms with Gasteiger partial charge < -0.3 is 0 Å². The number of allylic oxidation sites excluding steroid dienone is 1. The molecule has 0 nitrogen and oxygen atoms in total. The van der Waals surface area contributed by atoms with Crippen molar-refractivity contribution in [2.24, 2.45) is 0 Å². The summed E-state index contributed by atoms with van der Waals surface area (Å²) in [5.74, 6) is 0.578. The van der Waals surface area contributed by atoms with Crippen molar-refractivity contribution in [3.8, 4) is 0 Å². The first kappa shape index (κ1) is 12.5. The van der Waals surface area contributed by atoms with Crippen molar-refractivity contribution in [2.75, 3.05) is 5.88 Å². The van der Waals surface area contributed by atoms with E-state index in [1.165, 1.54) is 5.56 Å². The lowest BCUT2D eigenvalue weighted by atomic mass is 10.2. The maximum atomic E-state index is 5.46. The van der Waals surface area contributed by atoms with Gasteiger partial charge in [0.15, 0.2) is 0 Å². The molecule has 0 bridgehead atoms. The van der Waals surface area contributed by atoms with E-state index in [2.05, 4.69) is 0 Å². The van der Waals surface area contributed by atoms with Crippen molar-refractivity contribution in [1.82, 2.24) is 0 Å². The molecule has 0 N–H and O–H groups in total. The highest BCUT2D eigenvalue weighted by atomic mass is 35.5. The van der Waals surface area contributed by atoms with Gasteiger partial charge in [0, 0.05) is 5.88 Å². The van der Waals surface area contributed by atoms with Crippen LogP contribution in [0.25, 0.3) is 6.08 Å². The Morgan fingerprint density at radius 1 is 0.750 bits per heavy atom. The Labute approximate surface area is 102 Å². The summed E-state index contributed by atoms with van der Waals surface area (Å²) < 4.78 is 0. The second kappa shape index (κ2) is 8.75. The van der Waals surface area contributed by atoms with Gasteiger partial charge in [0.25, 0.3) is 0 Å². The van der Waals surface area contributed by atoms with Crippen molar-refractivity contribution in [1.29, 1.82) is 0 Å². The Morgan fingerprint density at radius 3 is 1.62 bits per heavy atom. The van der Waals surface area contributed by atoms with Gasteiger partial charge in [-0.05, 0) is 5.56 Å². The van der Waals surface area contributed by atoms with E-state index in [1.807, 2.05) is 78.9 Å². The number of rotatable bonds is 2. The minimum absolute atomic E-state index is 0.578. The number of hydrogen-bond acceptors (Lipinski definition) is 0. The van der Waals surface area contributed by atoms with Crippen molar-refractivity contribution < 1.29 is 0 Å². The lowest BCUT2D eigenvalue weighted by Crippen LogP contribution is -1.67. The fourth-order valence-electron chi connectivity index (χ4n) is 1.13. The summed E-state index contributed by atoms with van der Waals surface area (Å²) in [6.07, 6.45) is 3.93. The van der Waals surface area contributed by atoms with E-state index in [9.17, 15) is 0 Å². The topological polar surface area (TPSA) is 0 Å². The molecule has 0 aliphatic heterocycles. The Bertz CT molecular complexity index is 352. The maximum Gasteiger partial charge on any atom is 0.0407 e. The lowest BCUT2D eigenvalue weighted by molar-refractivity contribution is 1.65. The minimum Gasteiger partial charge on any atom is -0.122 e. The van der Waals surface area contributed by atoms with Crippen LogP contribution in [0.1, 0.15) is 5.56 Å². The quantitative estimate of drug-likeness (QED) is 0.660. The Morgan fingerprint density at radius 2 is 1.19 bits per heavy atom. The van der Waals surface area contributed by atoms with Gasteiger partial charge in [-0.15, -0.1) is 11.6 Å². The molecule has 0 amide bonds. The van der Waals surface area contributed by atoms with E-state index in [4.69, 9.17) is 11.6 Å². The van der Waals surface area contributed by atoms with E-state index in [-0.39, 0.29) is 0 Å². The number of halogens is 1. The Hall–Kier alpha value is -1.53. The zero-order valence-electron chi connectivity index (χ0n) is 9.09. The van der Waals surface area contributed by atoms with Gasteiger partial charge in [-0.2, -0.15) is 0 Å². The summed E-state index contributed by atoms with van der Waals surface area (Å²) in [6.45, 7) is 0. The molecule has 16 heavy (non-hydrogen) atoms. The molecule has 0 saturated heterocycles. The van der Waals surface area contributed by atoms with E-state index in [0.29, 0.717) is 5.88 Å². The van der Waals surface area contributed by atoms with Gasteiger partial charge in [-0.25, -0.2) is 0 Å². The summed E-state index contributed by atoms with van der Waals surface area (Å²) in [5.41, 5.74) is 1.20. The molecule has 0 heterocycles. The first-order valence-corrected chi connectivity index (χ1v) is 5.74. The number of alkyl halides is 1. The molecule has 0 saturated carbocycles. The molecule has 2 rings (SSSR count). The van der Waals surface area contributed by atoms with Gasteiger partial charge in [-0.3, -0.25) is 0 Å². The minimum atomic E-state index is 0.578. The highest BCUT2D eigenvalue weighted by molar-refractivity contribution is 6.19. The summed E-state index contributed by atoms with van der Waals surface area (Å²) in [7, 11) is 0. The van der Waals surface area contributed by atoms with Gasteiger partial charge in [0.05, 0.1) is 0 Å². The summed E-state index contributed by atoms with van der Waals surface area (Å²) in [5, 5.41) is 0. The van der Waals surface area contributed by atoms with Crippen LogP contribution in [-0.4, -0.2) is 5.88 Å². The summed E-state index contributed by atoms with van der Waals surface area (Å²) >= 11 is 5.46. The molecule has 0 spiro atoms. The summed E-state index contributed by atoms with van der Waals surface area (Å²) in [4.78, 5) is 0. The molecule has 0 radical (unpaired) electrons. The van der Waals surface area contributed by atoms with E-state index in [1.54, 1.807) is 0 Å². The maximum absolute atomic E-state index is 5.46. The summed E-state index contributed by atoms with van der Waals surface area (Å²) in [6, 6.07) is 22.1. The molecule has 0 aromatic heterocycles. The molecule has 82 valence electrons. The number of hydrogen-bond donors (Lipinski definition) is 0. The zero-order chi connectivity index (χ0) is 11.5. The van der Waals surface area contributed by atoms with E-state index in [0.717, 1.165) is 0 Å². The van der Waals surface area contributed by atoms with Crippen LogP contribution in [0.2, 0.25) is 0 Å². The highest BCUT2D eigenvalue weighted by Crippen LogP contribution is 2.00. The molecule has 0 atom stereocenters. The monoisotopic (exact) mass is 230 g/mol. The van der Waals surface area contributed by atoms with Gasteiger partial charge >= 0.3 is 0 Å². The largest absolute Gasteiger partial charge is 0.122 e. The third-order valence-corrected chi connectivity index (χ3v) is 2.04. The van der Waals surface area contributed by atoms with Crippen LogP contribution in [0.5, 0.6) is 0 Å². The normalized spacial score (nSPS) is 9.56. The molecule has 0 aliphatic carbocycles. The first-order valence-electron chi connectivity index (χ1n) is 5.21. The molecular formula is C15H15Cl. The average molecular weight is 231 g/mol. The van der Waals surface area contributed by atoms with Gasteiger partial charge in [0.1, 0.15) is 0 Å². The SMILES string of the molecule is ClC/C=C/c1ccccc1.c1ccccc1. The first-order chi connectivity index (χ1) is 7.93. The van der Waals surface area contributed by atoms with Gasteiger partial charge in [0.2, 0.25) is 0 Å². The van der Waals surface area contributed by atoms with Crippen LogP contribution in [0.15, 0.2) is 72.8 Å². The fraction of sp³-hybridized carbons (Fsp3) is 0.0667. The van der Waals surface area contributed by atoms with E-state index >= 15 is 0 Å². The molecule has 2 aromatic carbocycles. The molecule has 0 aliphatic rings. The van der Waals surface area contributed by atoms with Crippen molar-refractivity contribution >= 4 is 17.7 Å². The van der Waals surface area contributed by atoms with E-state index < -0.39 is 0 Å². The molecule has 2 aromatic rings. The Kier molecular flexibility index (Phi) is 6.86. The fourth-order valence-corrected chi connectivity index (χ4v) is 1.22. The van der Waals surface area contributed by atoms with Crippen LogP contribution in [-0.2, 0) is 0 Å². The lowest BCUT2D eigenvalue weighted by Gasteiger charge is -1.87. The molecule has 0 unspecified atom stereocenters. The molecular weight excluding hydrogens is 216 g/mol. The predicted octanol–water partition coefficient (Wildman–Crippen LogP) is 4.63. The highest BCUT2D eigenvalue weighted by Gasteiger charge is 1.79. The standard InChI is InChI=1S/C9H9Cl.C6H6/c10-8-4-7-9-5-2-1-3-6-9;1-2-4-6-5-3-1/h1-7H,8H2;1-6H/b7-4+;. The molecule has 0 fully saturated rings. The smallest absolute Gasteiger partial charge is 0.0407 e.